The summed E-state index contributed by atoms with van der Waals surface area (Å²) in [5, 5.41) is 0. The molecule has 3 heteroatoms. The molecule has 0 radical (unpaired) electrons. The van der Waals surface area contributed by atoms with Crippen LogP contribution in [-0.4, -0.2) is 0 Å². The predicted octanol–water partition coefficient (Wildman–Crippen LogP) is 3.08. The van der Waals surface area contributed by atoms with Gasteiger partial charge in [-0.15, -0.1) is 0 Å². The molecule has 1 unspecified atom stereocenters. The molecule has 1 aromatic heterocycles. The number of hydrogen-bond acceptors (Lipinski definition) is 2. The molecule has 2 N–H and O–H groups in total. The van der Waals surface area contributed by atoms with E-state index < -0.39 is 0 Å². The van der Waals surface area contributed by atoms with E-state index in [1.807, 2.05) is 26.0 Å². The zero-order valence-corrected chi connectivity index (χ0v) is 9.33. The molecule has 0 bridgehead atoms. The van der Waals surface area contributed by atoms with Crippen molar-refractivity contribution in [3.63, 3.8) is 0 Å². The van der Waals surface area contributed by atoms with Crippen LogP contribution in [0.4, 0.5) is 4.39 Å². The molecule has 0 amide bonds. The first-order valence-corrected chi connectivity index (χ1v) is 5.14. The average Bonchev–Trinajstić information content (AvgIpc) is 2.62. The second-order valence-corrected chi connectivity index (χ2v) is 4.03. The van der Waals surface area contributed by atoms with Crippen LogP contribution in [0, 0.1) is 19.7 Å². The van der Waals surface area contributed by atoms with Crippen molar-refractivity contribution in [2.45, 2.75) is 19.9 Å². The molecule has 1 heterocycles. The van der Waals surface area contributed by atoms with E-state index in [1.165, 1.54) is 12.1 Å². The van der Waals surface area contributed by atoms with Crippen LogP contribution in [0.3, 0.4) is 0 Å². The number of halogens is 1. The summed E-state index contributed by atoms with van der Waals surface area (Å²) in [5.41, 5.74) is 8.53. The zero-order chi connectivity index (χ0) is 11.7. The Morgan fingerprint density at radius 1 is 1.12 bits per heavy atom. The number of rotatable bonds is 2. The monoisotopic (exact) mass is 219 g/mol. The Morgan fingerprint density at radius 2 is 1.88 bits per heavy atom. The SMILES string of the molecule is Cc1cc(F)cc(C(N)c2coc(C)c2)c1. The Kier molecular flexibility index (Phi) is 2.79. The van der Waals surface area contributed by atoms with Gasteiger partial charge in [0.1, 0.15) is 11.6 Å². The van der Waals surface area contributed by atoms with Crippen LogP contribution in [0.5, 0.6) is 0 Å². The highest BCUT2D eigenvalue weighted by atomic mass is 19.1. The zero-order valence-electron chi connectivity index (χ0n) is 9.33. The van der Waals surface area contributed by atoms with Gasteiger partial charge in [-0.2, -0.15) is 0 Å². The lowest BCUT2D eigenvalue weighted by Gasteiger charge is -2.10. The highest BCUT2D eigenvalue weighted by molar-refractivity contribution is 5.33. The van der Waals surface area contributed by atoms with Crippen LogP contribution in [0.25, 0.3) is 0 Å². The van der Waals surface area contributed by atoms with Gasteiger partial charge in [-0.05, 0) is 43.2 Å². The Bertz CT molecular complexity index is 484. The molecule has 2 aromatic rings. The van der Waals surface area contributed by atoms with E-state index >= 15 is 0 Å². The van der Waals surface area contributed by atoms with Crippen molar-refractivity contribution in [1.29, 1.82) is 0 Å². The molecule has 0 aliphatic carbocycles. The van der Waals surface area contributed by atoms with Crippen LogP contribution in [-0.2, 0) is 0 Å². The van der Waals surface area contributed by atoms with Gasteiger partial charge in [-0.25, -0.2) is 4.39 Å². The third-order valence-corrected chi connectivity index (χ3v) is 2.53. The normalized spacial score (nSPS) is 12.8. The van der Waals surface area contributed by atoms with Gasteiger partial charge in [-0.3, -0.25) is 0 Å². The molecule has 84 valence electrons. The quantitative estimate of drug-likeness (QED) is 0.843. The van der Waals surface area contributed by atoms with Gasteiger partial charge in [0.15, 0.2) is 0 Å². The molecule has 2 nitrogen and oxygen atoms in total. The second kappa shape index (κ2) is 4.10. The number of benzene rings is 1. The maximum absolute atomic E-state index is 13.2. The van der Waals surface area contributed by atoms with Crippen LogP contribution in [0.15, 0.2) is 34.9 Å². The minimum absolute atomic E-state index is 0.259. The van der Waals surface area contributed by atoms with Gasteiger partial charge in [-0.1, -0.05) is 6.07 Å². The van der Waals surface area contributed by atoms with Crippen molar-refractivity contribution < 1.29 is 8.81 Å². The van der Waals surface area contributed by atoms with E-state index in [0.29, 0.717) is 0 Å². The lowest BCUT2D eigenvalue weighted by molar-refractivity contribution is 0.530. The Balaban J connectivity index is 2.37. The first-order valence-electron chi connectivity index (χ1n) is 5.14. The molecular weight excluding hydrogens is 205 g/mol. The van der Waals surface area contributed by atoms with Crippen LogP contribution < -0.4 is 5.73 Å². The number of furan rings is 1. The van der Waals surface area contributed by atoms with E-state index in [-0.39, 0.29) is 11.9 Å². The molecule has 0 spiro atoms. The van der Waals surface area contributed by atoms with Crippen molar-refractivity contribution in [1.82, 2.24) is 0 Å². The minimum Gasteiger partial charge on any atom is -0.469 e. The van der Waals surface area contributed by atoms with Gasteiger partial charge >= 0.3 is 0 Å². The summed E-state index contributed by atoms with van der Waals surface area (Å²) in [6.07, 6.45) is 1.61. The average molecular weight is 219 g/mol. The van der Waals surface area contributed by atoms with Crippen molar-refractivity contribution >= 4 is 0 Å². The van der Waals surface area contributed by atoms with Gasteiger partial charge in [0.25, 0.3) is 0 Å². The molecule has 0 aliphatic heterocycles. The summed E-state index contributed by atoms with van der Waals surface area (Å²) in [5.74, 6) is 0.546. The number of aryl methyl sites for hydroxylation is 2. The molecule has 1 atom stereocenters. The molecule has 0 saturated carbocycles. The van der Waals surface area contributed by atoms with E-state index in [2.05, 4.69) is 0 Å². The van der Waals surface area contributed by atoms with E-state index in [9.17, 15) is 4.39 Å². The highest BCUT2D eigenvalue weighted by Crippen LogP contribution is 2.23. The lowest BCUT2D eigenvalue weighted by Crippen LogP contribution is -2.11. The Hall–Kier alpha value is -1.61. The second-order valence-electron chi connectivity index (χ2n) is 4.03. The topological polar surface area (TPSA) is 39.2 Å². The fourth-order valence-corrected chi connectivity index (χ4v) is 1.76. The van der Waals surface area contributed by atoms with E-state index in [4.69, 9.17) is 10.2 Å². The Labute approximate surface area is 93.9 Å². The molecule has 0 saturated heterocycles. The van der Waals surface area contributed by atoms with Crippen LogP contribution in [0.1, 0.15) is 28.5 Å². The summed E-state index contributed by atoms with van der Waals surface area (Å²) in [7, 11) is 0. The highest BCUT2D eigenvalue weighted by Gasteiger charge is 2.12. The third kappa shape index (κ3) is 2.14. The smallest absolute Gasteiger partial charge is 0.123 e. The minimum atomic E-state index is -0.341. The first-order chi connectivity index (χ1) is 7.56. The maximum Gasteiger partial charge on any atom is 0.123 e. The van der Waals surface area contributed by atoms with Gasteiger partial charge < -0.3 is 10.2 Å². The third-order valence-electron chi connectivity index (χ3n) is 2.53. The summed E-state index contributed by atoms with van der Waals surface area (Å²) < 4.78 is 18.4. The fraction of sp³-hybridized carbons (Fsp3) is 0.231. The lowest BCUT2D eigenvalue weighted by atomic mass is 10.00. The predicted molar refractivity (Wildman–Crippen MR) is 60.6 cm³/mol. The van der Waals surface area contributed by atoms with Crippen molar-refractivity contribution in [3.8, 4) is 0 Å². The van der Waals surface area contributed by atoms with Crippen molar-refractivity contribution in [2.24, 2.45) is 5.73 Å². The summed E-state index contributed by atoms with van der Waals surface area (Å²) in [6.45, 7) is 3.70. The van der Waals surface area contributed by atoms with Gasteiger partial charge in [0.05, 0.1) is 12.3 Å². The van der Waals surface area contributed by atoms with Crippen LogP contribution in [0.2, 0.25) is 0 Å². The molecule has 0 aliphatic rings. The fourth-order valence-electron chi connectivity index (χ4n) is 1.76. The van der Waals surface area contributed by atoms with E-state index in [0.717, 1.165) is 22.5 Å². The molecule has 1 aromatic carbocycles. The summed E-state index contributed by atoms with van der Waals surface area (Å²) in [4.78, 5) is 0. The molecule has 2 rings (SSSR count). The molecule has 0 fully saturated rings. The summed E-state index contributed by atoms with van der Waals surface area (Å²) >= 11 is 0. The first kappa shape index (κ1) is 10.9. The van der Waals surface area contributed by atoms with Crippen molar-refractivity contribution in [3.05, 3.63) is 58.8 Å². The largest absolute Gasteiger partial charge is 0.469 e. The maximum atomic E-state index is 13.2. The van der Waals surface area contributed by atoms with Gasteiger partial charge in [0.2, 0.25) is 0 Å². The van der Waals surface area contributed by atoms with E-state index in [1.54, 1.807) is 6.26 Å². The number of hydrogen-bond donors (Lipinski definition) is 1. The summed E-state index contributed by atoms with van der Waals surface area (Å²) in [6, 6.07) is 6.35. The molecular formula is C13H14FNO. The standard InChI is InChI=1S/C13H14FNO/c1-8-3-10(6-12(14)4-8)13(15)11-5-9(2)16-7-11/h3-7,13H,15H2,1-2H3. The number of nitrogens with two attached hydrogens (primary N) is 1. The van der Waals surface area contributed by atoms with Gasteiger partial charge in [0, 0.05) is 5.56 Å². The van der Waals surface area contributed by atoms with Crippen molar-refractivity contribution in [2.75, 3.05) is 0 Å². The molecule has 16 heavy (non-hydrogen) atoms. The van der Waals surface area contributed by atoms with Crippen LogP contribution >= 0.6 is 0 Å². The Morgan fingerprint density at radius 3 is 2.44 bits per heavy atom.